The molecule has 0 saturated heterocycles. The number of ether oxygens (including phenoxy) is 2. The van der Waals surface area contributed by atoms with E-state index in [4.69, 9.17) is 9.47 Å². The lowest BCUT2D eigenvalue weighted by molar-refractivity contribution is -0.120. The number of hydrogen-bond acceptors (Lipinski definition) is 5. The van der Waals surface area contributed by atoms with E-state index < -0.39 is 0 Å². The third-order valence-electron chi connectivity index (χ3n) is 3.16. The molecule has 6 heteroatoms. The average molecular weight is 293 g/mol. The first-order valence-corrected chi connectivity index (χ1v) is 7.20. The van der Waals surface area contributed by atoms with Crippen LogP contribution in [0.2, 0.25) is 0 Å². The first kappa shape index (κ1) is 15.4. The summed E-state index contributed by atoms with van der Waals surface area (Å²) >= 11 is 0. The molecule has 0 aliphatic carbocycles. The summed E-state index contributed by atoms with van der Waals surface area (Å²) in [5, 5.41) is 6.12. The minimum Gasteiger partial charge on any atom is -0.454 e. The Morgan fingerprint density at radius 1 is 1.24 bits per heavy atom. The van der Waals surface area contributed by atoms with Gasteiger partial charge in [-0.1, -0.05) is 0 Å². The number of benzene rings is 1. The number of nitrogens with one attached hydrogen (secondary N) is 2. The van der Waals surface area contributed by atoms with Crippen molar-refractivity contribution in [2.45, 2.75) is 12.8 Å². The number of nitrogens with zero attached hydrogens (tertiary/aromatic N) is 1. The third-order valence-corrected chi connectivity index (χ3v) is 3.16. The highest BCUT2D eigenvalue weighted by atomic mass is 16.7. The van der Waals surface area contributed by atoms with Crippen LogP contribution in [0.3, 0.4) is 0 Å². The monoisotopic (exact) mass is 293 g/mol. The Kier molecular flexibility index (Phi) is 5.68. The number of fused-ring (bicyclic) bond motifs is 1. The van der Waals surface area contributed by atoms with Crippen LogP contribution in [-0.4, -0.2) is 51.3 Å². The number of anilines is 1. The quantitative estimate of drug-likeness (QED) is 0.707. The first-order chi connectivity index (χ1) is 10.1. The van der Waals surface area contributed by atoms with Crippen molar-refractivity contribution in [3.8, 4) is 11.5 Å². The molecule has 1 aliphatic heterocycles. The van der Waals surface area contributed by atoms with Gasteiger partial charge in [0.15, 0.2) is 11.5 Å². The number of hydrogen-bond donors (Lipinski definition) is 2. The molecule has 0 bridgehead atoms. The number of amides is 1. The maximum absolute atomic E-state index is 11.7. The minimum atomic E-state index is 0.0713. The second kappa shape index (κ2) is 7.73. The zero-order valence-electron chi connectivity index (χ0n) is 12.6. The van der Waals surface area contributed by atoms with E-state index in [0.717, 1.165) is 36.7 Å². The first-order valence-electron chi connectivity index (χ1n) is 7.20. The van der Waals surface area contributed by atoms with E-state index in [0.29, 0.717) is 13.0 Å². The van der Waals surface area contributed by atoms with Gasteiger partial charge in [0.25, 0.3) is 0 Å². The van der Waals surface area contributed by atoms with Crippen molar-refractivity contribution in [1.82, 2.24) is 10.2 Å². The zero-order valence-corrected chi connectivity index (χ0v) is 12.6. The molecule has 0 fully saturated rings. The Morgan fingerprint density at radius 3 is 2.86 bits per heavy atom. The maximum atomic E-state index is 11.7. The molecule has 2 N–H and O–H groups in total. The lowest BCUT2D eigenvalue weighted by Crippen LogP contribution is -2.28. The SMILES string of the molecule is CN(C)CCCNC(=O)CCNc1ccc2c(c1)OCO2. The maximum Gasteiger partial charge on any atom is 0.231 e. The van der Waals surface area contributed by atoms with Gasteiger partial charge >= 0.3 is 0 Å². The fraction of sp³-hybridized carbons (Fsp3) is 0.533. The van der Waals surface area contributed by atoms with Crippen LogP contribution in [0.15, 0.2) is 18.2 Å². The topological polar surface area (TPSA) is 62.8 Å². The van der Waals surface area contributed by atoms with Gasteiger partial charge in [0.2, 0.25) is 12.7 Å². The van der Waals surface area contributed by atoms with E-state index in [1.54, 1.807) is 0 Å². The van der Waals surface area contributed by atoms with E-state index in [2.05, 4.69) is 15.5 Å². The minimum absolute atomic E-state index is 0.0713. The Morgan fingerprint density at radius 2 is 2.05 bits per heavy atom. The third kappa shape index (κ3) is 5.15. The lowest BCUT2D eigenvalue weighted by atomic mass is 10.2. The van der Waals surface area contributed by atoms with E-state index >= 15 is 0 Å². The molecular weight excluding hydrogens is 270 g/mol. The van der Waals surface area contributed by atoms with Gasteiger partial charge in [-0.05, 0) is 39.2 Å². The van der Waals surface area contributed by atoms with Crippen molar-refractivity contribution in [3.05, 3.63) is 18.2 Å². The highest BCUT2D eigenvalue weighted by molar-refractivity contribution is 5.76. The number of carbonyl (C=O) groups is 1. The molecule has 0 aromatic heterocycles. The van der Waals surface area contributed by atoms with Gasteiger partial charge in [-0.15, -0.1) is 0 Å². The average Bonchev–Trinajstić information content (AvgIpc) is 2.91. The highest BCUT2D eigenvalue weighted by Crippen LogP contribution is 2.34. The molecule has 0 radical (unpaired) electrons. The van der Waals surface area contributed by atoms with Gasteiger partial charge in [-0.3, -0.25) is 4.79 Å². The van der Waals surface area contributed by atoms with Gasteiger partial charge in [0.1, 0.15) is 0 Å². The zero-order chi connectivity index (χ0) is 15.1. The molecule has 21 heavy (non-hydrogen) atoms. The summed E-state index contributed by atoms with van der Waals surface area (Å²) in [4.78, 5) is 13.8. The Labute approximate surface area is 125 Å². The van der Waals surface area contributed by atoms with E-state index in [1.807, 2.05) is 32.3 Å². The fourth-order valence-corrected chi connectivity index (χ4v) is 2.04. The molecule has 0 saturated carbocycles. The molecule has 2 rings (SSSR count). The molecule has 1 amide bonds. The Bertz CT molecular complexity index is 477. The number of rotatable bonds is 8. The lowest BCUT2D eigenvalue weighted by Gasteiger charge is -2.10. The molecule has 0 atom stereocenters. The summed E-state index contributed by atoms with van der Waals surface area (Å²) in [6, 6.07) is 5.67. The fourth-order valence-electron chi connectivity index (χ4n) is 2.04. The van der Waals surface area contributed by atoms with Crippen molar-refractivity contribution in [3.63, 3.8) is 0 Å². The summed E-state index contributed by atoms with van der Waals surface area (Å²) in [5.41, 5.74) is 0.930. The van der Waals surface area contributed by atoms with Gasteiger partial charge < -0.3 is 25.0 Å². The van der Waals surface area contributed by atoms with Crippen molar-refractivity contribution in [2.75, 3.05) is 45.8 Å². The molecule has 6 nitrogen and oxygen atoms in total. The smallest absolute Gasteiger partial charge is 0.231 e. The van der Waals surface area contributed by atoms with Crippen molar-refractivity contribution in [1.29, 1.82) is 0 Å². The largest absolute Gasteiger partial charge is 0.454 e. The van der Waals surface area contributed by atoms with E-state index in [1.165, 1.54) is 0 Å². The van der Waals surface area contributed by atoms with Gasteiger partial charge in [0.05, 0.1) is 0 Å². The summed E-state index contributed by atoms with van der Waals surface area (Å²) in [6.45, 7) is 2.57. The molecule has 1 aromatic rings. The van der Waals surface area contributed by atoms with Crippen LogP contribution >= 0.6 is 0 Å². The number of carbonyl (C=O) groups excluding carboxylic acids is 1. The predicted octanol–water partition coefficient (Wildman–Crippen LogP) is 1.29. The summed E-state index contributed by atoms with van der Waals surface area (Å²) in [7, 11) is 4.05. The summed E-state index contributed by atoms with van der Waals surface area (Å²) in [5.74, 6) is 1.58. The molecular formula is C15H23N3O3. The van der Waals surface area contributed by atoms with Gasteiger partial charge in [0, 0.05) is 31.3 Å². The van der Waals surface area contributed by atoms with Crippen LogP contribution in [0.1, 0.15) is 12.8 Å². The predicted molar refractivity (Wildman–Crippen MR) is 81.9 cm³/mol. The van der Waals surface area contributed by atoms with Gasteiger partial charge in [-0.25, -0.2) is 0 Å². The highest BCUT2D eigenvalue weighted by Gasteiger charge is 2.12. The normalized spacial score (nSPS) is 12.5. The molecule has 0 spiro atoms. The molecule has 116 valence electrons. The summed E-state index contributed by atoms with van der Waals surface area (Å²) < 4.78 is 10.6. The molecule has 0 unspecified atom stereocenters. The van der Waals surface area contributed by atoms with Crippen LogP contribution in [0.25, 0.3) is 0 Å². The standard InChI is InChI=1S/C15H23N3O3/c1-18(2)9-3-7-17-15(19)6-8-16-12-4-5-13-14(10-12)21-11-20-13/h4-5,10,16H,3,6-9,11H2,1-2H3,(H,17,19). The van der Waals surface area contributed by atoms with E-state index in [9.17, 15) is 4.79 Å². The summed E-state index contributed by atoms with van der Waals surface area (Å²) in [6.07, 6.45) is 1.42. The van der Waals surface area contributed by atoms with Crippen molar-refractivity contribution < 1.29 is 14.3 Å². The van der Waals surface area contributed by atoms with Gasteiger partial charge in [-0.2, -0.15) is 0 Å². The van der Waals surface area contributed by atoms with Crippen LogP contribution in [0, 0.1) is 0 Å². The second-order valence-electron chi connectivity index (χ2n) is 5.25. The molecule has 1 heterocycles. The van der Waals surface area contributed by atoms with Crippen LogP contribution in [0.4, 0.5) is 5.69 Å². The second-order valence-corrected chi connectivity index (χ2v) is 5.25. The van der Waals surface area contributed by atoms with Crippen molar-refractivity contribution >= 4 is 11.6 Å². The van der Waals surface area contributed by atoms with Crippen LogP contribution in [-0.2, 0) is 4.79 Å². The van der Waals surface area contributed by atoms with Crippen molar-refractivity contribution in [2.24, 2.45) is 0 Å². The van der Waals surface area contributed by atoms with Crippen LogP contribution < -0.4 is 20.1 Å². The Balaban J connectivity index is 1.61. The molecule has 1 aromatic carbocycles. The Hall–Kier alpha value is -1.95. The van der Waals surface area contributed by atoms with Crippen LogP contribution in [0.5, 0.6) is 11.5 Å². The van der Waals surface area contributed by atoms with E-state index in [-0.39, 0.29) is 12.7 Å². The molecule has 1 aliphatic rings.